The Balaban J connectivity index is 2.09. The van der Waals surface area contributed by atoms with Crippen LogP contribution in [0.15, 0.2) is 36.5 Å². The standard InChI is InChI=1S/C13H11FN4O3/c14-8-3-11(5-12(4-8)18(20)21)17-13(19)6-10-2-1-9(15)7-16-10/h1-5,7H,6,15H2,(H,17,19). The fourth-order valence-electron chi connectivity index (χ4n) is 1.66. The second-order valence-electron chi connectivity index (χ2n) is 4.26. The first kappa shape index (κ1) is 14.4. The Labute approximate surface area is 118 Å². The smallest absolute Gasteiger partial charge is 0.274 e. The lowest BCUT2D eigenvalue weighted by Gasteiger charge is -2.05. The Kier molecular flexibility index (Phi) is 4.07. The third kappa shape index (κ3) is 3.96. The van der Waals surface area contributed by atoms with Crippen molar-refractivity contribution in [3.63, 3.8) is 0 Å². The number of nitrogen functional groups attached to an aromatic ring is 1. The normalized spacial score (nSPS) is 10.1. The number of carbonyl (C=O) groups excluding carboxylic acids is 1. The van der Waals surface area contributed by atoms with Gasteiger partial charge in [0, 0.05) is 11.8 Å². The number of halogens is 1. The minimum absolute atomic E-state index is 0.0159. The molecule has 0 saturated carbocycles. The van der Waals surface area contributed by atoms with Crippen LogP contribution >= 0.6 is 0 Å². The highest BCUT2D eigenvalue weighted by atomic mass is 19.1. The van der Waals surface area contributed by atoms with Crippen molar-refractivity contribution in [2.24, 2.45) is 0 Å². The number of anilines is 2. The van der Waals surface area contributed by atoms with Crippen molar-refractivity contribution >= 4 is 23.0 Å². The maximum absolute atomic E-state index is 13.2. The first-order valence-corrected chi connectivity index (χ1v) is 5.89. The molecule has 2 rings (SSSR count). The van der Waals surface area contributed by atoms with Gasteiger partial charge < -0.3 is 11.1 Å². The zero-order valence-corrected chi connectivity index (χ0v) is 10.7. The average molecular weight is 290 g/mol. The van der Waals surface area contributed by atoms with Gasteiger partial charge in [-0.3, -0.25) is 19.9 Å². The lowest BCUT2D eigenvalue weighted by molar-refractivity contribution is -0.385. The molecule has 8 heteroatoms. The van der Waals surface area contributed by atoms with Gasteiger partial charge in [0.1, 0.15) is 5.82 Å². The van der Waals surface area contributed by atoms with Gasteiger partial charge in [-0.15, -0.1) is 0 Å². The van der Waals surface area contributed by atoms with Gasteiger partial charge in [0.25, 0.3) is 5.69 Å². The molecule has 3 N–H and O–H groups in total. The molecule has 21 heavy (non-hydrogen) atoms. The minimum Gasteiger partial charge on any atom is -0.397 e. The summed E-state index contributed by atoms with van der Waals surface area (Å²) in [6.07, 6.45) is 1.36. The van der Waals surface area contributed by atoms with Crippen LogP contribution < -0.4 is 11.1 Å². The molecule has 0 unspecified atom stereocenters. The molecule has 1 amide bonds. The van der Waals surface area contributed by atoms with E-state index in [-0.39, 0.29) is 12.1 Å². The van der Waals surface area contributed by atoms with Crippen LogP contribution in [-0.4, -0.2) is 15.8 Å². The van der Waals surface area contributed by atoms with Gasteiger partial charge in [-0.2, -0.15) is 0 Å². The van der Waals surface area contributed by atoms with Crippen LogP contribution in [0.4, 0.5) is 21.5 Å². The second-order valence-corrected chi connectivity index (χ2v) is 4.26. The van der Waals surface area contributed by atoms with E-state index >= 15 is 0 Å². The van der Waals surface area contributed by atoms with E-state index in [1.165, 1.54) is 6.20 Å². The Bertz CT molecular complexity index is 688. The maximum atomic E-state index is 13.2. The van der Waals surface area contributed by atoms with Crippen molar-refractivity contribution in [3.8, 4) is 0 Å². The van der Waals surface area contributed by atoms with Crippen molar-refractivity contribution in [2.75, 3.05) is 11.1 Å². The molecule has 0 bridgehead atoms. The number of amides is 1. The quantitative estimate of drug-likeness (QED) is 0.659. The molecular weight excluding hydrogens is 279 g/mol. The highest BCUT2D eigenvalue weighted by molar-refractivity contribution is 5.92. The van der Waals surface area contributed by atoms with Crippen molar-refractivity contribution in [3.05, 3.63) is 58.2 Å². The molecule has 0 saturated heterocycles. The predicted octanol–water partition coefficient (Wildman–Crippen LogP) is 1.89. The SMILES string of the molecule is Nc1ccc(CC(=O)Nc2cc(F)cc([N+](=O)[O-])c2)nc1. The zero-order valence-electron chi connectivity index (χ0n) is 10.7. The summed E-state index contributed by atoms with van der Waals surface area (Å²) in [4.78, 5) is 25.6. The number of benzene rings is 1. The fraction of sp³-hybridized carbons (Fsp3) is 0.0769. The number of nitrogens with two attached hydrogens (primary N) is 1. The number of aromatic nitrogens is 1. The summed E-state index contributed by atoms with van der Waals surface area (Å²) in [5, 5.41) is 13.0. The molecular formula is C13H11FN4O3. The largest absolute Gasteiger partial charge is 0.397 e. The number of nitro benzene ring substituents is 1. The van der Waals surface area contributed by atoms with Crippen molar-refractivity contribution in [2.45, 2.75) is 6.42 Å². The number of hydrogen-bond acceptors (Lipinski definition) is 5. The molecule has 0 spiro atoms. The summed E-state index contributed by atoms with van der Waals surface area (Å²) in [6.45, 7) is 0. The number of pyridine rings is 1. The van der Waals surface area contributed by atoms with Gasteiger partial charge in [-0.05, 0) is 18.2 Å². The summed E-state index contributed by atoms with van der Waals surface area (Å²) in [5.74, 6) is -1.27. The lowest BCUT2D eigenvalue weighted by Crippen LogP contribution is -2.15. The Hall–Kier alpha value is -3.03. The van der Waals surface area contributed by atoms with E-state index in [2.05, 4.69) is 10.3 Å². The molecule has 1 heterocycles. The molecule has 2 aromatic rings. The average Bonchev–Trinajstić information content (AvgIpc) is 2.40. The Morgan fingerprint density at radius 3 is 2.76 bits per heavy atom. The third-order valence-corrected chi connectivity index (χ3v) is 2.57. The lowest BCUT2D eigenvalue weighted by atomic mass is 10.2. The monoisotopic (exact) mass is 290 g/mol. The molecule has 0 fully saturated rings. The molecule has 108 valence electrons. The van der Waals surface area contributed by atoms with Crippen LogP contribution in [0.2, 0.25) is 0 Å². The zero-order chi connectivity index (χ0) is 15.4. The van der Waals surface area contributed by atoms with Crippen LogP contribution in [-0.2, 0) is 11.2 Å². The number of non-ortho nitro benzene ring substituents is 1. The Morgan fingerprint density at radius 2 is 2.14 bits per heavy atom. The number of hydrogen-bond donors (Lipinski definition) is 2. The van der Waals surface area contributed by atoms with E-state index in [1.54, 1.807) is 12.1 Å². The third-order valence-electron chi connectivity index (χ3n) is 2.57. The highest BCUT2D eigenvalue weighted by Gasteiger charge is 2.12. The first-order chi connectivity index (χ1) is 9.94. The minimum atomic E-state index is -0.801. The molecule has 0 aliphatic carbocycles. The second kappa shape index (κ2) is 5.95. The summed E-state index contributed by atoms with van der Waals surface area (Å²) in [5.41, 5.74) is 6.01. The first-order valence-electron chi connectivity index (χ1n) is 5.89. The fourth-order valence-corrected chi connectivity index (χ4v) is 1.66. The van der Waals surface area contributed by atoms with Crippen LogP contribution in [0.1, 0.15) is 5.69 Å². The van der Waals surface area contributed by atoms with E-state index in [0.717, 1.165) is 18.2 Å². The molecule has 1 aromatic heterocycles. The highest BCUT2D eigenvalue weighted by Crippen LogP contribution is 2.20. The van der Waals surface area contributed by atoms with Crippen molar-refractivity contribution in [1.29, 1.82) is 0 Å². The van der Waals surface area contributed by atoms with E-state index in [4.69, 9.17) is 5.73 Å². The number of rotatable bonds is 4. The van der Waals surface area contributed by atoms with Gasteiger partial charge in [0.05, 0.1) is 35.0 Å². The molecule has 0 aliphatic rings. The molecule has 7 nitrogen and oxygen atoms in total. The summed E-state index contributed by atoms with van der Waals surface area (Å²) < 4.78 is 13.2. The van der Waals surface area contributed by atoms with Crippen LogP contribution in [0.25, 0.3) is 0 Å². The van der Waals surface area contributed by atoms with E-state index in [9.17, 15) is 19.3 Å². The molecule has 0 aliphatic heterocycles. The Morgan fingerprint density at radius 1 is 1.38 bits per heavy atom. The number of nitro groups is 1. The van der Waals surface area contributed by atoms with E-state index in [1.807, 2.05) is 0 Å². The van der Waals surface area contributed by atoms with Gasteiger partial charge >= 0.3 is 0 Å². The van der Waals surface area contributed by atoms with Crippen molar-refractivity contribution in [1.82, 2.24) is 4.98 Å². The summed E-state index contributed by atoms with van der Waals surface area (Å²) in [7, 11) is 0. The number of carbonyl (C=O) groups is 1. The molecule has 0 atom stereocenters. The van der Waals surface area contributed by atoms with Gasteiger partial charge in [-0.1, -0.05) is 0 Å². The topological polar surface area (TPSA) is 111 Å². The van der Waals surface area contributed by atoms with Gasteiger partial charge in [-0.25, -0.2) is 4.39 Å². The summed E-state index contributed by atoms with van der Waals surface area (Å²) in [6, 6.07) is 6.04. The van der Waals surface area contributed by atoms with E-state index < -0.39 is 22.3 Å². The summed E-state index contributed by atoms with van der Waals surface area (Å²) >= 11 is 0. The maximum Gasteiger partial charge on any atom is 0.274 e. The molecule has 1 aromatic carbocycles. The number of nitrogens with one attached hydrogen (secondary N) is 1. The van der Waals surface area contributed by atoms with Crippen LogP contribution in [0.3, 0.4) is 0 Å². The van der Waals surface area contributed by atoms with Crippen molar-refractivity contribution < 1.29 is 14.1 Å². The predicted molar refractivity (Wildman–Crippen MR) is 74.0 cm³/mol. The van der Waals surface area contributed by atoms with Crippen LogP contribution in [0.5, 0.6) is 0 Å². The van der Waals surface area contributed by atoms with E-state index in [0.29, 0.717) is 11.4 Å². The van der Waals surface area contributed by atoms with Crippen LogP contribution in [0, 0.1) is 15.9 Å². The number of nitrogens with zero attached hydrogens (tertiary/aromatic N) is 2. The molecule has 0 radical (unpaired) electrons. The van der Waals surface area contributed by atoms with Gasteiger partial charge in [0.15, 0.2) is 0 Å². The van der Waals surface area contributed by atoms with Gasteiger partial charge in [0.2, 0.25) is 5.91 Å².